The van der Waals surface area contributed by atoms with Crippen molar-refractivity contribution in [3.8, 4) is 0 Å². The first-order valence-electron chi connectivity index (χ1n) is 29.4. The van der Waals surface area contributed by atoms with Gasteiger partial charge < -0.3 is 19.4 Å². The second-order valence-corrected chi connectivity index (χ2v) is 22.2. The number of phosphoric ester groups is 1. The van der Waals surface area contributed by atoms with Crippen molar-refractivity contribution in [2.45, 2.75) is 258 Å². The van der Waals surface area contributed by atoms with Gasteiger partial charge in [0, 0.05) is 12.8 Å². The number of carbonyl (C=O) groups is 2. The van der Waals surface area contributed by atoms with Gasteiger partial charge in [0.15, 0.2) is 0 Å². The molecule has 0 aliphatic heterocycles. The number of unbranched alkanes of at least 4 members (excludes halogenated alkanes) is 24. The molecule has 10 heteroatoms. The van der Waals surface area contributed by atoms with E-state index in [1.165, 1.54) is 96.3 Å². The lowest BCUT2D eigenvalue weighted by Gasteiger charge is -2.27. The second kappa shape index (κ2) is 51.7. The van der Waals surface area contributed by atoms with Crippen LogP contribution in [-0.4, -0.2) is 74.3 Å². The number of amides is 1. The van der Waals surface area contributed by atoms with E-state index >= 15 is 0 Å². The number of nitrogens with one attached hydrogen (secondary N) is 1. The van der Waals surface area contributed by atoms with Gasteiger partial charge in [0.05, 0.1) is 33.8 Å². The predicted molar refractivity (Wildman–Crippen MR) is 309 cm³/mol. The zero-order valence-corrected chi connectivity index (χ0v) is 48.3. The van der Waals surface area contributed by atoms with Gasteiger partial charge in [-0.3, -0.25) is 18.6 Å². The molecule has 0 fully saturated rings. The van der Waals surface area contributed by atoms with E-state index in [4.69, 9.17) is 13.8 Å². The van der Waals surface area contributed by atoms with E-state index in [1.54, 1.807) is 0 Å². The van der Waals surface area contributed by atoms with E-state index in [1.807, 2.05) is 33.3 Å². The van der Waals surface area contributed by atoms with Crippen molar-refractivity contribution in [1.29, 1.82) is 0 Å². The number of hydrogen-bond donors (Lipinski definition) is 2. The first-order chi connectivity index (χ1) is 34.9. The SMILES string of the molecule is CC/C=C/C/C=C/C/C=C/CCCCCCC(=O)OC(/C=C\CCCCCCCCCCC)C(COP(=O)(O)OCC[N+](C)(C)C)NC(=O)CCCCCCCCCC/C=C\C/C=C\C/C=C\CCCCC. The molecule has 0 spiro atoms. The Morgan fingerprint density at radius 2 is 0.889 bits per heavy atom. The highest BCUT2D eigenvalue weighted by atomic mass is 31.2. The average molecular weight is 1030 g/mol. The lowest BCUT2D eigenvalue weighted by molar-refractivity contribution is -0.870. The average Bonchev–Trinajstić information content (AvgIpc) is 3.34. The van der Waals surface area contributed by atoms with Crippen LogP contribution in [0.25, 0.3) is 0 Å². The lowest BCUT2D eigenvalue weighted by Crippen LogP contribution is -2.47. The number of rotatable bonds is 52. The number of phosphoric acid groups is 1. The molecule has 1 amide bonds. The van der Waals surface area contributed by atoms with E-state index in [-0.39, 0.29) is 31.5 Å². The van der Waals surface area contributed by atoms with Gasteiger partial charge in [0.1, 0.15) is 19.3 Å². The third-order valence-electron chi connectivity index (χ3n) is 12.6. The van der Waals surface area contributed by atoms with E-state index in [9.17, 15) is 19.0 Å². The number of carbonyl (C=O) groups excluding carboxylic acids is 2. The van der Waals surface area contributed by atoms with Gasteiger partial charge in [-0.1, -0.05) is 215 Å². The summed E-state index contributed by atoms with van der Waals surface area (Å²) in [4.78, 5) is 37.6. The van der Waals surface area contributed by atoms with Crippen molar-refractivity contribution in [3.05, 3.63) is 85.1 Å². The van der Waals surface area contributed by atoms with Gasteiger partial charge in [-0.15, -0.1) is 0 Å². The third-order valence-corrected chi connectivity index (χ3v) is 13.6. The molecule has 9 nitrogen and oxygen atoms in total. The molecule has 0 aliphatic rings. The quantitative estimate of drug-likeness (QED) is 0.0205. The molecule has 0 aromatic heterocycles. The standard InChI is InChI=1S/C62H111N2O7P/c1-7-10-13-16-19-22-25-27-29-30-31-32-33-34-35-36-39-42-45-48-51-54-61(65)63-59(58-70-72(67,68)69-57-56-64(4,5)6)60(53-50-47-44-41-38-24-21-18-15-12-9-3)71-62(66)55-52-49-46-43-40-37-28-26-23-20-17-14-11-8-2/h11,14,19-20,22-23,27-29,31-32,37,50,53,59-60H,7-10,12-13,15-18,21,24-26,30,33-36,38-49,51-52,54-58H2,1-6H3,(H-,63,65,67,68)/p+1/b14-11+,22-19-,23-20+,29-27-,32-31-,37-28+,53-50-. The van der Waals surface area contributed by atoms with Crippen LogP contribution in [0.3, 0.4) is 0 Å². The Hall–Kier alpha value is -2.81. The zero-order valence-electron chi connectivity index (χ0n) is 47.4. The molecule has 0 aliphatic carbocycles. The number of quaternary nitrogens is 1. The fourth-order valence-corrected chi connectivity index (χ4v) is 8.75. The molecule has 0 aromatic carbocycles. The molecular formula is C62H112N2O7P+. The summed E-state index contributed by atoms with van der Waals surface area (Å²) < 4.78 is 30.6. The molecule has 0 saturated heterocycles. The maximum atomic E-state index is 13.5. The molecule has 0 radical (unpaired) electrons. The van der Waals surface area contributed by atoms with Gasteiger partial charge in [0.2, 0.25) is 5.91 Å². The van der Waals surface area contributed by atoms with Crippen LogP contribution in [0.2, 0.25) is 0 Å². The first-order valence-corrected chi connectivity index (χ1v) is 30.9. The molecule has 416 valence electrons. The summed E-state index contributed by atoms with van der Waals surface area (Å²) >= 11 is 0. The number of ether oxygens (including phenoxy) is 1. The summed E-state index contributed by atoms with van der Waals surface area (Å²) in [6.07, 6.45) is 67.2. The van der Waals surface area contributed by atoms with Crippen molar-refractivity contribution in [2.75, 3.05) is 40.9 Å². The number of esters is 1. The molecule has 0 heterocycles. The molecule has 72 heavy (non-hydrogen) atoms. The highest BCUT2D eigenvalue weighted by molar-refractivity contribution is 7.47. The number of hydrogen-bond acceptors (Lipinski definition) is 6. The van der Waals surface area contributed by atoms with Crippen molar-refractivity contribution in [2.24, 2.45) is 0 Å². The molecule has 3 unspecified atom stereocenters. The minimum atomic E-state index is -4.45. The Morgan fingerprint density at radius 3 is 1.36 bits per heavy atom. The van der Waals surface area contributed by atoms with Crippen molar-refractivity contribution in [1.82, 2.24) is 5.32 Å². The van der Waals surface area contributed by atoms with Crippen LogP contribution in [0, 0.1) is 0 Å². The summed E-state index contributed by atoms with van der Waals surface area (Å²) in [7, 11) is 1.47. The van der Waals surface area contributed by atoms with Crippen molar-refractivity contribution in [3.63, 3.8) is 0 Å². The fraction of sp³-hybridized carbons (Fsp3) is 0.742. The Kier molecular flexibility index (Phi) is 49.6. The van der Waals surface area contributed by atoms with E-state index < -0.39 is 20.0 Å². The topological polar surface area (TPSA) is 111 Å². The summed E-state index contributed by atoms with van der Waals surface area (Å²) in [6.45, 7) is 6.83. The highest BCUT2D eigenvalue weighted by Gasteiger charge is 2.30. The second-order valence-electron chi connectivity index (χ2n) is 20.8. The van der Waals surface area contributed by atoms with Crippen LogP contribution in [0.5, 0.6) is 0 Å². The molecule has 0 aromatic rings. The number of allylic oxidation sites excluding steroid dienone is 13. The van der Waals surface area contributed by atoms with Gasteiger partial charge >= 0.3 is 13.8 Å². The van der Waals surface area contributed by atoms with Gasteiger partial charge in [-0.2, -0.15) is 0 Å². The Labute approximate surface area is 444 Å². The van der Waals surface area contributed by atoms with Crippen LogP contribution in [-0.2, 0) is 27.9 Å². The maximum absolute atomic E-state index is 13.5. The van der Waals surface area contributed by atoms with Gasteiger partial charge in [-0.05, 0) is 102 Å². The Morgan fingerprint density at radius 1 is 0.500 bits per heavy atom. The lowest BCUT2D eigenvalue weighted by atomic mass is 10.0. The van der Waals surface area contributed by atoms with Crippen LogP contribution in [0.15, 0.2) is 85.1 Å². The number of nitrogens with zero attached hydrogens (tertiary/aromatic N) is 1. The van der Waals surface area contributed by atoms with E-state index in [0.29, 0.717) is 23.9 Å². The monoisotopic (exact) mass is 1030 g/mol. The molecular weight excluding hydrogens is 916 g/mol. The Balaban J connectivity index is 5.28. The largest absolute Gasteiger partial charge is 0.472 e. The van der Waals surface area contributed by atoms with Crippen LogP contribution in [0.4, 0.5) is 0 Å². The van der Waals surface area contributed by atoms with E-state index in [2.05, 4.69) is 99.0 Å². The molecule has 2 N–H and O–H groups in total. The van der Waals surface area contributed by atoms with Gasteiger partial charge in [0.25, 0.3) is 0 Å². The molecule has 3 atom stereocenters. The molecule has 0 saturated carbocycles. The summed E-state index contributed by atoms with van der Waals surface area (Å²) in [6, 6.07) is -0.864. The highest BCUT2D eigenvalue weighted by Crippen LogP contribution is 2.43. The van der Waals surface area contributed by atoms with Gasteiger partial charge in [-0.25, -0.2) is 4.57 Å². The van der Waals surface area contributed by atoms with Crippen molar-refractivity contribution < 1.29 is 37.3 Å². The predicted octanol–water partition coefficient (Wildman–Crippen LogP) is 17.8. The summed E-state index contributed by atoms with van der Waals surface area (Å²) in [5.74, 6) is -0.543. The first kappa shape index (κ1) is 69.2. The molecule has 0 rings (SSSR count). The van der Waals surface area contributed by atoms with Crippen LogP contribution in [0.1, 0.15) is 245 Å². The summed E-state index contributed by atoms with van der Waals surface area (Å²) in [5, 5.41) is 3.04. The summed E-state index contributed by atoms with van der Waals surface area (Å²) in [5.41, 5.74) is 0. The Bertz CT molecular complexity index is 1510. The minimum absolute atomic E-state index is 0.0312. The van der Waals surface area contributed by atoms with E-state index in [0.717, 1.165) is 109 Å². The smallest absolute Gasteiger partial charge is 0.456 e. The van der Waals surface area contributed by atoms with Crippen LogP contribution >= 0.6 is 7.82 Å². The third kappa shape index (κ3) is 52.1. The maximum Gasteiger partial charge on any atom is 0.472 e. The fourth-order valence-electron chi connectivity index (χ4n) is 8.02. The van der Waals surface area contributed by atoms with Crippen molar-refractivity contribution >= 4 is 19.7 Å². The minimum Gasteiger partial charge on any atom is -0.456 e. The van der Waals surface area contributed by atoms with Crippen LogP contribution < -0.4 is 5.32 Å². The number of likely N-dealkylation sites (N-methyl/N-ethyl adjacent to an activating group) is 1. The zero-order chi connectivity index (χ0) is 52.9. The normalized spacial score (nSPS) is 14.4. The molecule has 0 bridgehead atoms.